The monoisotopic (exact) mass is 250 g/mol. The molecule has 3 aromatic rings. The number of hydrogen-bond donors (Lipinski definition) is 0. The minimum Gasteiger partial charge on any atom is -0.274 e. The Morgan fingerprint density at radius 1 is 1.00 bits per heavy atom. The Morgan fingerprint density at radius 2 is 1.84 bits per heavy atom. The van der Waals surface area contributed by atoms with E-state index in [1.807, 2.05) is 36.4 Å². The van der Waals surface area contributed by atoms with Crippen molar-refractivity contribution in [2.24, 2.45) is 0 Å². The Kier molecular flexibility index (Phi) is 1.93. The molecule has 2 heterocycles. The van der Waals surface area contributed by atoms with Crippen LogP contribution in [0.3, 0.4) is 0 Å². The van der Waals surface area contributed by atoms with E-state index >= 15 is 0 Å². The Bertz CT molecular complexity index is 909. The Balaban J connectivity index is 2.32. The van der Waals surface area contributed by atoms with Crippen molar-refractivity contribution in [3.8, 4) is 0 Å². The van der Waals surface area contributed by atoms with Crippen LogP contribution in [0, 0.1) is 0 Å². The lowest BCUT2D eigenvalue weighted by Crippen LogP contribution is -2.17. The van der Waals surface area contributed by atoms with E-state index in [4.69, 9.17) is 0 Å². The van der Waals surface area contributed by atoms with Crippen LogP contribution in [0.2, 0.25) is 0 Å². The lowest BCUT2D eigenvalue weighted by atomic mass is 10.1. The van der Waals surface area contributed by atoms with E-state index in [0.29, 0.717) is 29.6 Å². The summed E-state index contributed by atoms with van der Waals surface area (Å²) in [6, 6.07) is 11.4. The van der Waals surface area contributed by atoms with E-state index in [9.17, 15) is 9.59 Å². The fourth-order valence-electron chi connectivity index (χ4n) is 2.81. The third-order valence-corrected chi connectivity index (χ3v) is 3.66. The minimum atomic E-state index is -0.243. The van der Waals surface area contributed by atoms with Gasteiger partial charge in [-0.15, -0.1) is 0 Å². The number of rotatable bonds is 0. The van der Waals surface area contributed by atoms with Gasteiger partial charge in [0.15, 0.2) is 0 Å². The fraction of sp³-hybridized carbons (Fsp3) is 0.133. The normalized spacial score (nSPS) is 14.2. The van der Waals surface area contributed by atoms with Crippen LogP contribution in [0.25, 0.3) is 21.7 Å². The van der Waals surface area contributed by atoms with Crippen molar-refractivity contribution in [1.82, 2.24) is 9.55 Å². The van der Waals surface area contributed by atoms with Gasteiger partial charge >= 0.3 is 0 Å². The van der Waals surface area contributed by atoms with Gasteiger partial charge in [-0.25, -0.2) is 0 Å². The van der Waals surface area contributed by atoms with Gasteiger partial charge in [0.1, 0.15) is 5.82 Å². The van der Waals surface area contributed by atoms with Crippen molar-refractivity contribution < 1.29 is 4.79 Å². The summed E-state index contributed by atoms with van der Waals surface area (Å²) in [4.78, 5) is 28.2. The summed E-state index contributed by atoms with van der Waals surface area (Å²) >= 11 is 0. The molecule has 4 heteroatoms. The van der Waals surface area contributed by atoms with Gasteiger partial charge in [-0.1, -0.05) is 30.3 Å². The molecule has 1 aliphatic rings. The van der Waals surface area contributed by atoms with Gasteiger partial charge in [0.25, 0.3) is 5.56 Å². The SMILES string of the molecule is O=C1CCc2nc(=O)c3c4ccccc4ccc3n21. The highest BCUT2D eigenvalue weighted by Gasteiger charge is 2.23. The molecular formula is C15H10N2O2. The lowest BCUT2D eigenvalue weighted by molar-refractivity contribution is 0.0928. The Labute approximate surface area is 108 Å². The molecular weight excluding hydrogens is 240 g/mol. The van der Waals surface area contributed by atoms with Crippen LogP contribution in [0.15, 0.2) is 41.2 Å². The molecule has 1 aromatic heterocycles. The lowest BCUT2D eigenvalue weighted by Gasteiger charge is -2.08. The Hall–Kier alpha value is -2.49. The summed E-state index contributed by atoms with van der Waals surface area (Å²) in [5, 5.41) is 2.38. The molecule has 0 saturated heterocycles. The maximum Gasteiger partial charge on any atom is 0.281 e. The summed E-state index contributed by atoms with van der Waals surface area (Å²) in [7, 11) is 0. The number of aromatic nitrogens is 2. The van der Waals surface area contributed by atoms with Gasteiger partial charge in [-0.2, -0.15) is 4.98 Å². The Morgan fingerprint density at radius 3 is 2.74 bits per heavy atom. The number of aryl methyl sites for hydroxylation is 1. The average molecular weight is 250 g/mol. The molecule has 4 rings (SSSR count). The zero-order valence-corrected chi connectivity index (χ0v) is 10.1. The molecule has 0 amide bonds. The van der Waals surface area contributed by atoms with Crippen LogP contribution in [0.5, 0.6) is 0 Å². The van der Waals surface area contributed by atoms with Gasteiger partial charge in [0, 0.05) is 12.8 Å². The smallest absolute Gasteiger partial charge is 0.274 e. The summed E-state index contributed by atoms with van der Waals surface area (Å²) in [6.07, 6.45) is 0.981. The minimum absolute atomic E-state index is 0.0165. The summed E-state index contributed by atoms with van der Waals surface area (Å²) in [5.41, 5.74) is 0.434. The highest BCUT2D eigenvalue weighted by molar-refractivity contribution is 6.08. The van der Waals surface area contributed by atoms with Crippen molar-refractivity contribution in [1.29, 1.82) is 0 Å². The molecule has 0 aliphatic carbocycles. The summed E-state index contributed by atoms with van der Waals surface area (Å²) in [5.74, 6) is 0.598. The summed E-state index contributed by atoms with van der Waals surface area (Å²) < 4.78 is 1.59. The van der Waals surface area contributed by atoms with Gasteiger partial charge in [-0.3, -0.25) is 14.2 Å². The second-order valence-corrected chi connectivity index (χ2v) is 4.74. The van der Waals surface area contributed by atoms with E-state index < -0.39 is 0 Å². The molecule has 1 aliphatic heterocycles. The van der Waals surface area contributed by atoms with Crippen molar-refractivity contribution >= 4 is 27.6 Å². The molecule has 0 radical (unpaired) electrons. The second-order valence-electron chi connectivity index (χ2n) is 4.74. The van der Waals surface area contributed by atoms with Crippen molar-refractivity contribution in [3.63, 3.8) is 0 Å². The molecule has 0 fully saturated rings. The van der Waals surface area contributed by atoms with E-state index in [1.54, 1.807) is 4.57 Å². The molecule has 92 valence electrons. The standard InChI is InChI=1S/C15H10N2O2/c18-13-8-7-12-16-15(19)14-10-4-2-1-3-9(10)5-6-11(14)17(12)13/h1-6H,7-8H2. The van der Waals surface area contributed by atoms with E-state index in [1.165, 1.54) is 0 Å². The third kappa shape index (κ3) is 1.31. The third-order valence-electron chi connectivity index (χ3n) is 3.66. The highest BCUT2D eigenvalue weighted by atomic mass is 16.2. The highest BCUT2D eigenvalue weighted by Crippen LogP contribution is 2.25. The van der Waals surface area contributed by atoms with E-state index in [-0.39, 0.29) is 11.5 Å². The zero-order chi connectivity index (χ0) is 13.0. The predicted molar refractivity (Wildman–Crippen MR) is 72.5 cm³/mol. The molecule has 0 N–H and O–H groups in total. The van der Waals surface area contributed by atoms with Crippen molar-refractivity contribution in [2.45, 2.75) is 12.8 Å². The maximum absolute atomic E-state index is 12.2. The van der Waals surface area contributed by atoms with Gasteiger partial charge in [-0.05, 0) is 16.8 Å². The molecule has 0 saturated carbocycles. The molecule has 2 aromatic carbocycles. The number of carbonyl (C=O) groups excluding carboxylic acids is 1. The van der Waals surface area contributed by atoms with Crippen LogP contribution in [-0.2, 0) is 6.42 Å². The van der Waals surface area contributed by atoms with E-state index in [0.717, 1.165) is 10.8 Å². The first-order valence-corrected chi connectivity index (χ1v) is 6.22. The number of carbonyl (C=O) groups is 1. The van der Waals surface area contributed by atoms with Crippen LogP contribution >= 0.6 is 0 Å². The molecule has 4 nitrogen and oxygen atoms in total. The number of fused-ring (bicyclic) bond motifs is 5. The fourth-order valence-corrected chi connectivity index (χ4v) is 2.81. The molecule has 19 heavy (non-hydrogen) atoms. The van der Waals surface area contributed by atoms with Crippen LogP contribution in [0.4, 0.5) is 0 Å². The second kappa shape index (κ2) is 3.51. The van der Waals surface area contributed by atoms with E-state index in [2.05, 4.69) is 4.98 Å². The average Bonchev–Trinajstić information content (AvgIpc) is 2.79. The quantitative estimate of drug-likeness (QED) is 0.574. The first kappa shape index (κ1) is 10.4. The number of benzene rings is 2. The molecule has 0 unspecified atom stereocenters. The number of hydrogen-bond acceptors (Lipinski definition) is 3. The summed E-state index contributed by atoms with van der Waals surface area (Å²) in [6.45, 7) is 0. The predicted octanol–water partition coefficient (Wildman–Crippen LogP) is 2.14. The molecule has 0 atom stereocenters. The zero-order valence-electron chi connectivity index (χ0n) is 10.1. The van der Waals surface area contributed by atoms with Gasteiger partial charge < -0.3 is 0 Å². The van der Waals surface area contributed by atoms with Crippen LogP contribution < -0.4 is 5.56 Å². The van der Waals surface area contributed by atoms with Gasteiger partial charge in [0.2, 0.25) is 5.91 Å². The van der Waals surface area contributed by atoms with Crippen molar-refractivity contribution in [3.05, 3.63) is 52.6 Å². The maximum atomic E-state index is 12.2. The molecule has 0 bridgehead atoms. The molecule has 0 spiro atoms. The number of nitrogens with zero attached hydrogens (tertiary/aromatic N) is 2. The first-order valence-electron chi connectivity index (χ1n) is 6.22. The van der Waals surface area contributed by atoms with Crippen LogP contribution in [0.1, 0.15) is 17.0 Å². The van der Waals surface area contributed by atoms with Crippen molar-refractivity contribution in [2.75, 3.05) is 0 Å². The van der Waals surface area contributed by atoms with Crippen LogP contribution in [-0.4, -0.2) is 15.5 Å². The van der Waals surface area contributed by atoms with Gasteiger partial charge in [0.05, 0.1) is 10.9 Å². The largest absolute Gasteiger partial charge is 0.281 e. The first-order chi connectivity index (χ1) is 9.25. The topological polar surface area (TPSA) is 52.0 Å².